The second-order valence-corrected chi connectivity index (χ2v) is 3.22. The normalized spacial score (nSPS) is 12.9. The summed E-state index contributed by atoms with van der Waals surface area (Å²) in [6.07, 6.45) is 0. The number of hydrogen-bond acceptors (Lipinski definition) is 2. The van der Waals surface area contributed by atoms with E-state index in [1.807, 2.05) is 0 Å². The summed E-state index contributed by atoms with van der Waals surface area (Å²) < 4.78 is 40.3. The average molecular weight is 192 g/mol. The molecule has 0 fully saturated rings. The Morgan fingerprint density at radius 2 is 2.08 bits per heavy atom. The molecule has 0 bridgehead atoms. The van der Waals surface area contributed by atoms with Gasteiger partial charge in [0.2, 0.25) is 0 Å². The third kappa shape index (κ3) is 1.86. The maximum atomic E-state index is 12.8. The van der Waals surface area contributed by atoms with Crippen LogP contribution in [0.25, 0.3) is 0 Å². The summed E-state index contributed by atoms with van der Waals surface area (Å²) in [7, 11) is 1.18. The topological polar surface area (TPSA) is 26.3 Å². The fraction of sp³-hybridized carbons (Fsp3) is 0.143. The van der Waals surface area contributed by atoms with E-state index >= 15 is 0 Å². The van der Waals surface area contributed by atoms with E-state index in [9.17, 15) is 13.0 Å². The molecule has 0 aliphatic carbocycles. The van der Waals surface area contributed by atoms with Crippen LogP contribution in [0.1, 0.15) is 0 Å². The first kappa shape index (κ1) is 9.28. The van der Waals surface area contributed by atoms with Crippen molar-refractivity contribution in [1.82, 2.24) is 0 Å². The van der Waals surface area contributed by atoms with Crippen molar-refractivity contribution in [2.24, 2.45) is 0 Å². The van der Waals surface area contributed by atoms with Gasteiger partial charge >= 0.3 is 0 Å². The van der Waals surface area contributed by atoms with Gasteiger partial charge < -0.3 is 0 Å². The SMILES string of the molecule is COS(=O)c1ccc(F)cc1F. The van der Waals surface area contributed by atoms with E-state index in [0.29, 0.717) is 6.07 Å². The lowest BCUT2D eigenvalue weighted by Crippen LogP contribution is -1.97. The molecule has 1 atom stereocenters. The summed E-state index contributed by atoms with van der Waals surface area (Å²) in [6, 6.07) is 2.77. The maximum absolute atomic E-state index is 12.8. The lowest BCUT2D eigenvalue weighted by atomic mass is 10.3. The van der Waals surface area contributed by atoms with Crippen molar-refractivity contribution < 1.29 is 17.2 Å². The first-order valence-electron chi connectivity index (χ1n) is 3.06. The number of benzene rings is 1. The average Bonchev–Trinajstić information content (AvgIpc) is 2.03. The highest BCUT2D eigenvalue weighted by Crippen LogP contribution is 2.13. The van der Waals surface area contributed by atoms with Crippen LogP contribution in [0.2, 0.25) is 0 Å². The maximum Gasteiger partial charge on any atom is 0.191 e. The summed E-state index contributed by atoms with van der Waals surface area (Å²) in [5.74, 6) is -1.57. The van der Waals surface area contributed by atoms with Crippen molar-refractivity contribution in [2.45, 2.75) is 4.90 Å². The van der Waals surface area contributed by atoms with Crippen LogP contribution in [0.3, 0.4) is 0 Å². The molecule has 2 nitrogen and oxygen atoms in total. The van der Waals surface area contributed by atoms with E-state index in [1.165, 1.54) is 7.11 Å². The second-order valence-electron chi connectivity index (χ2n) is 1.98. The molecule has 0 saturated carbocycles. The van der Waals surface area contributed by atoms with Crippen LogP contribution in [0.15, 0.2) is 23.1 Å². The largest absolute Gasteiger partial charge is 0.290 e. The van der Waals surface area contributed by atoms with Gasteiger partial charge in [0.25, 0.3) is 0 Å². The Bertz CT molecular complexity index is 314. The highest BCUT2D eigenvalue weighted by molar-refractivity contribution is 7.80. The fourth-order valence-corrected chi connectivity index (χ4v) is 1.28. The smallest absolute Gasteiger partial charge is 0.191 e. The molecule has 1 aromatic rings. The quantitative estimate of drug-likeness (QED) is 0.711. The lowest BCUT2D eigenvalue weighted by molar-refractivity contribution is 0.440. The van der Waals surface area contributed by atoms with Gasteiger partial charge in [0.15, 0.2) is 11.1 Å². The van der Waals surface area contributed by atoms with Gasteiger partial charge in [-0.3, -0.25) is 4.18 Å². The van der Waals surface area contributed by atoms with E-state index in [2.05, 4.69) is 4.18 Å². The molecule has 0 saturated heterocycles. The predicted octanol–water partition coefficient (Wildman–Crippen LogP) is 1.63. The molecule has 0 amide bonds. The van der Waals surface area contributed by atoms with Crippen LogP contribution in [-0.2, 0) is 15.3 Å². The Kier molecular flexibility index (Phi) is 2.88. The van der Waals surface area contributed by atoms with Crippen molar-refractivity contribution in [3.63, 3.8) is 0 Å². The molecule has 0 aliphatic heterocycles. The van der Waals surface area contributed by atoms with Gasteiger partial charge in [-0.25, -0.2) is 13.0 Å². The van der Waals surface area contributed by atoms with Crippen LogP contribution in [0, 0.1) is 11.6 Å². The van der Waals surface area contributed by atoms with Crippen LogP contribution >= 0.6 is 0 Å². The minimum Gasteiger partial charge on any atom is -0.290 e. The zero-order valence-electron chi connectivity index (χ0n) is 6.21. The van der Waals surface area contributed by atoms with Crippen LogP contribution < -0.4 is 0 Å². The molecule has 12 heavy (non-hydrogen) atoms. The molecule has 5 heteroatoms. The molecule has 0 aliphatic rings. The predicted molar refractivity (Wildman–Crippen MR) is 39.8 cm³/mol. The van der Waals surface area contributed by atoms with Gasteiger partial charge in [-0.15, -0.1) is 0 Å². The van der Waals surface area contributed by atoms with Crippen molar-refractivity contribution >= 4 is 11.1 Å². The Balaban J connectivity index is 3.09. The summed E-state index contributed by atoms with van der Waals surface area (Å²) in [6.45, 7) is 0. The minimum absolute atomic E-state index is 0.154. The second kappa shape index (κ2) is 3.73. The van der Waals surface area contributed by atoms with Crippen molar-refractivity contribution in [2.75, 3.05) is 7.11 Å². The third-order valence-electron chi connectivity index (χ3n) is 1.22. The fourth-order valence-electron chi connectivity index (χ4n) is 0.700. The molecule has 1 aromatic carbocycles. The van der Waals surface area contributed by atoms with Crippen LogP contribution in [0.4, 0.5) is 8.78 Å². The standard InChI is InChI=1S/C7H6F2O2S/c1-11-12(10)7-3-2-5(8)4-6(7)9/h2-4H,1H3. The Labute approximate surface area is 70.8 Å². The van der Waals surface area contributed by atoms with Crippen molar-refractivity contribution in [3.8, 4) is 0 Å². The summed E-state index contributed by atoms with van der Waals surface area (Å²) in [5.41, 5.74) is 0. The van der Waals surface area contributed by atoms with Gasteiger partial charge in [0.1, 0.15) is 16.5 Å². The van der Waals surface area contributed by atoms with Crippen LogP contribution in [-0.4, -0.2) is 11.3 Å². The number of hydrogen-bond donors (Lipinski definition) is 0. The monoisotopic (exact) mass is 192 g/mol. The molecule has 0 aromatic heterocycles. The zero-order chi connectivity index (χ0) is 9.14. The van der Waals surface area contributed by atoms with Gasteiger partial charge in [0, 0.05) is 6.07 Å². The van der Waals surface area contributed by atoms with Crippen molar-refractivity contribution in [3.05, 3.63) is 29.8 Å². The van der Waals surface area contributed by atoms with E-state index < -0.39 is 22.7 Å². The Morgan fingerprint density at radius 3 is 2.58 bits per heavy atom. The minimum atomic E-state index is -1.85. The lowest BCUT2D eigenvalue weighted by Gasteiger charge is -1.99. The first-order chi connectivity index (χ1) is 5.65. The molecular weight excluding hydrogens is 186 g/mol. The number of rotatable bonds is 2. The van der Waals surface area contributed by atoms with E-state index in [1.54, 1.807) is 0 Å². The summed E-state index contributed by atoms with van der Waals surface area (Å²) in [4.78, 5) is -0.154. The molecule has 1 rings (SSSR count). The van der Waals surface area contributed by atoms with Crippen molar-refractivity contribution in [1.29, 1.82) is 0 Å². The molecule has 0 radical (unpaired) electrons. The van der Waals surface area contributed by atoms with E-state index in [0.717, 1.165) is 12.1 Å². The van der Waals surface area contributed by atoms with Gasteiger partial charge in [0.05, 0.1) is 7.11 Å². The summed E-state index contributed by atoms with van der Waals surface area (Å²) in [5, 5.41) is 0. The number of halogens is 2. The van der Waals surface area contributed by atoms with E-state index in [-0.39, 0.29) is 4.90 Å². The zero-order valence-corrected chi connectivity index (χ0v) is 7.03. The molecule has 0 spiro atoms. The first-order valence-corrected chi connectivity index (χ1v) is 4.14. The third-order valence-corrected chi connectivity index (χ3v) is 2.22. The molecule has 1 unspecified atom stereocenters. The van der Waals surface area contributed by atoms with Crippen LogP contribution in [0.5, 0.6) is 0 Å². The summed E-state index contributed by atoms with van der Waals surface area (Å²) >= 11 is -1.85. The van der Waals surface area contributed by atoms with Gasteiger partial charge in [-0.2, -0.15) is 0 Å². The molecular formula is C7H6F2O2S. The van der Waals surface area contributed by atoms with E-state index in [4.69, 9.17) is 0 Å². The Morgan fingerprint density at radius 1 is 1.42 bits per heavy atom. The molecule has 0 heterocycles. The highest BCUT2D eigenvalue weighted by atomic mass is 32.2. The molecule has 0 N–H and O–H groups in total. The van der Waals surface area contributed by atoms with Gasteiger partial charge in [-0.1, -0.05) is 0 Å². The Hall–Kier alpha value is -0.810. The molecule has 66 valence electrons. The highest BCUT2D eigenvalue weighted by Gasteiger charge is 2.09. The van der Waals surface area contributed by atoms with Gasteiger partial charge in [-0.05, 0) is 12.1 Å².